The highest BCUT2D eigenvalue weighted by Gasteiger charge is 2.36. The smallest absolute Gasteiger partial charge is 0.237 e. The molecule has 0 aliphatic carbocycles. The number of nitrogens with two attached hydrogens (primary N) is 1. The number of amides is 1. The van der Waals surface area contributed by atoms with E-state index in [4.69, 9.17) is 5.73 Å². The van der Waals surface area contributed by atoms with Crippen molar-refractivity contribution in [2.75, 3.05) is 12.3 Å². The Labute approximate surface area is 146 Å². The minimum absolute atomic E-state index is 0.00264. The summed E-state index contributed by atoms with van der Waals surface area (Å²) in [6, 6.07) is 8.92. The van der Waals surface area contributed by atoms with Crippen LogP contribution in [0.2, 0.25) is 0 Å². The molecule has 1 amide bonds. The van der Waals surface area contributed by atoms with Crippen LogP contribution in [-0.4, -0.2) is 35.1 Å². The molecule has 0 spiro atoms. The maximum atomic E-state index is 13.0. The standard InChI is InChI=1S/C18H24N2O3S/c1-12(21)24-11-14(10-13-6-3-2-4-7-13)17(22)15-8-5-9-20-18(23)16(15)19/h2-4,6-7,14-16H,5,8-11,19H2,1H3,(H,20,23)/t14?,15-,16?/m0/s1. The Hall–Kier alpha value is -1.66. The van der Waals surface area contributed by atoms with E-state index in [0.29, 0.717) is 25.1 Å². The Morgan fingerprint density at radius 1 is 1.33 bits per heavy atom. The van der Waals surface area contributed by atoms with Crippen LogP contribution >= 0.6 is 11.8 Å². The lowest BCUT2D eigenvalue weighted by molar-refractivity contribution is -0.131. The van der Waals surface area contributed by atoms with Crippen LogP contribution in [0.5, 0.6) is 0 Å². The molecular weight excluding hydrogens is 324 g/mol. The third-order valence-corrected chi connectivity index (χ3v) is 5.28. The van der Waals surface area contributed by atoms with Crippen molar-refractivity contribution in [3.05, 3.63) is 35.9 Å². The minimum Gasteiger partial charge on any atom is -0.355 e. The largest absolute Gasteiger partial charge is 0.355 e. The van der Waals surface area contributed by atoms with Gasteiger partial charge in [-0.2, -0.15) is 0 Å². The molecule has 5 nitrogen and oxygen atoms in total. The van der Waals surface area contributed by atoms with E-state index in [1.165, 1.54) is 6.92 Å². The van der Waals surface area contributed by atoms with E-state index in [1.54, 1.807) is 0 Å². The maximum absolute atomic E-state index is 13.0. The molecule has 0 aromatic heterocycles. The van der Waals surface area contributed by atoms with Crippen molar-refractivity contribution in [1.82, 2.24) is 5.32 Å². The Morgan fingerprint density at radius 3 is 2.71 bits per heavy atom. The van der Waals surface area contributed by atoms with E-state index in [9.17, 15) is 14.4 Å². The zero-order valence-electron chi connectivity index (χ0n) is 13.9. The summed E-state index contributed by atoms with van der Waals surface area (Å²) in [6.07, 6.45) is 1.91. The SMILES string of the molecule is CC(=O)SCC(Cc1ccccc1)C(=O)[C@H]1CCCNC(=O)C1N. The number of hydrogen-bond acceptors (Lipinski definition) is 5. The first-order valence-electron chi connectivity index (χ1n) is 8.23. The number of hydrogen-bond donors (Lipinski definition) is 2. The average molecular weight is 348 g/mol. The molecule has 1 aromatic rings. The summed E-state index contributed by atoms with van der Waals surface area (Å²) >= 11 is 1.16. The summed E-state index contributed by atoms with van der Waals surface area (Å²) < 4.78 is 0. The van der Waals surface area contributed by atoms with Gasteiger partial charge in [0.25, 0.3) is 0 Å². The van der Waals surface area contributed by atoms with Crippen LogP contribution in [0.1, 0.15) is 25.3 Å². The molecule has 1 heterocycles. The van der Waals surface area contributed by atoms with Crippen molar-refractivity contribution in [3.8, 4) is 0 Å². The number of ketones is 1. The molecular formula is C18H24N2O3S. The van der Waals surface area contributed by atoms with Crippen molar-refractivity contribution < 1.29 is 14.4 Å². The van der Waals surface area contributed by atoms with Gasteiger partial charge >= 0.3 is 0 Å². The normalized spacial score (nSPS) is 22.3. The van der Waals surface area contributed by atoms with Gasteiger partial charge in [0.2, 0.25) is 5.91 Å². The monoisotopic (exact) mass is 348 g/mol. The maximum Gasteiger partial charge on any atom is 0.237 e. The third kappa shape index (κ3) is 5.18. The van der Waals surface area contributed by atoms with Gasteiger partial charge in [-0.25, -0.2) is 0 Å². The van der Waals surface area contributed by atoms with Crippen LogP contribution in [0, 0.1) is 11.8 Å². The predicted octanol–water partition coefficient (Wildman–Crippen LogP) is 1.55. The van der Waals surface area contributed by atoms with Gasteiger partial charge in [-0.3, -0.25) is 14.4 Å². The summed E-state index contributed by atoms with van der Waals surface area (Å²) in [6.45, 7) is 2.06. The van der Waals surface area contributed by atoms with Crippen LogP contribution in [0.15, 0.2) is 30.3 Å². The van der Waals surface area contributed by atoms with Gasteiger partial charge in [0.15, 0.2) is 5.12 Å². The molecule has 24 heavy (non-hydrogen) atoms. The van der Waals surface area contributed by atoms with Gasteiger partial charge in [-0.1, -0.05) is 42.1 Å². The second kappa shape index (κ2) is 8.99. The molecule has 3 atom stereocenters. The van der Waals surface area contributed by atoms with Gasteiger partial charge in [0.05, 0.1) is 6.04 Å². The number of carbonyl (C=O) groups is 3. The fraction of sp³-hybridized carbons (Fsp3) is 0.500. The number of thioether (sulfide) groups is 1. The fourth-order valence-corrected chi connectivity index (χ4v) is 3.71. The molecule has 1 aromatic carbocycles. The van der Waals surface area contributed by atoms with Crippen molar-refractivity contribution >= 4 is 28.6 Å². The minimum atomic E-state index is -0.805. The first kappa shape index (κ1) is 18.7. The van der Waals surface area contributed by atoms with E-state index >= 15 is 0 Å². The third-order valence-electron chi connectivity index (χ3n) is 4.31. The lowest BCUT2D eigenvalue weighted by Gasteiger charge is -2.24. The van der Waals surface area contributed by atoms with Crippen LogP contribution in [0.25, 0.3) is 0 Å². The van der Waals surface area contributed by atoms with E-state index in [1.807, 2.05) is 30.3 Å². The van der Waals surface area contributed by atoms with E-state index in [2.05, 4.69) is 5.32 Å². The molecule has 1 aliphatic heterocycles. The second-order valence-corrected chi connectivity index (χ2v) is 7.35. The molecule has 6 heteroatoms. The second-order valence-electron chi connectivity index (χ2n) is 6.16. The number of Topliss-reactive ketones (excluding diaryl/α,β-unsaturated/α-hetero) is 1. The lowest BCUT2D eigenvalue weighted by atomic mass is 9.83. The highest BCUT2D eigenvalue weighted by Crippen LogP contribution is 2.24. The summed E-state index contributed by atoms with van der Waals surface area (Å²) in [5.74, 6) is -0.633. The molecule has 0 radical (unpaired) electrons. The Balaban J connectivity index is 2.15. The summed E-state index contributed by atoms with van der Waals surface area (Å²) in [5.41, 5.74) is 7.05. The Bertz CT molecular complexity index is 591. The highest BCUT2D eigenvalue weighted by molar-refractivity contribution is 8.13. The van der Waals surface area contributed by atoms with Crippen molar-refractivity contribution in [2.24, 2.45) is 17.6 Å². The van der Waals surface area contributed by atoms with Gasteiger partial charge in [-0.15, -0.1) is 0 Å². The van der Waals surface area contributed by atoms with E-state index in [0.717, 1.165) is 23.7 Å². The lowest BCUT2D eigenvalue weighted by Crippen LogP contribution is -2.47. The summed E-state index contributed by atoms with van der Waals surface area (Å²) in [4.78, 5) is 36.3. The first-order chi connectivity index (χ1) is 11.5. The molecule has 0 saturated carbocycles. The zero-order chi connectivity index (χ0) is 17.5. The molecule has 3 N–H and O–H groups in total. The molecule has 1 saturated heterocycles. The van der Waals surface area contributed by atoms with Crippen LogP contribution in [0.3, 0.4) is 0 Å². The highest BCUT2D eigenvalue weighted by atomic mass is 32.2. The van der Waals surface area contributed by atoms with Crippen molar-refractivity contribution in [2.45, 2.75) is 32.2 Å². The Kier molecular flexibility index (Phi) is 6.99. The number of carbonyl (C=O) groups excluding carboxylic acids is 3. The summed E-state index contributed by atoms with van der Waals surface area (Å²) in [5, 5.41) is 2.73. The predicted molar refractivity (Wildman–Crippen MR) is 95.5 cm³/mol. The molecule has 130 valence electrons. The summed E-state index contributed by atoms with van der Waals surface area (Å²) in [7, 11) is 0. The first-order valence-corrected chi connectivity index (χ1v) is 9.22. The van der Waals surface area contributed by atoms with Crippen LogP contribution < -0.4 is 11.1 Å². The van der Waals surface area contributed by atoms with Crippen molar-refractivity contribution in [3.63, 3.8) is 0 Å². The van der Waals surface area contributed by atoms with Gasteiger partial charge in [0, 0.05) is 31.1 Å². The topological polar surface area (TPSA) is 89.3 Å². The average Bonchev–Trinajstić information content (AvgIpc) is 2.73. The van der Waals surface area contributed by atoms with Gasteiger partial charge in [0.1, 0.15) is 5.78 Å². The number of rotatable bonds is 6. The quantitative estimate of drug-likeness (QED) is 0.814. The van der Waals surface area contributed by atoms with Gasteiger partial charge in [-0.05, 0) is 24.8 Å². The van der Waals surface area contributed by atoms with Crippen LogP contribution in [0.4, 0.5) is 0 Å². The number of nitrogens with one attached hydrogen (secondary N) is 1. The molecule has 1 fully saturated rings. The zero-order valence-corrected chi connectivity index (χ0v) is 14.7. The molecule has 1 aliphatic rings. The molecule has 2 unspecified atom stereocenters. The van der Waals surface area contributed by atoms with E-state index in [-0.39, 0.29) is 22.7 Å². The van der Waals surface area contributed by atoms with Crippen molar-refractivity contribution in [1.29, 1.82) is 0 Å². The van der Waals surface area contributed by atoms with Gasteiger partial charge < -0.3 is 11.1 Å². The van der Waals surface area contributed by atoms with Crippen LogP contribution in [-0.2, 0) is 20.8 Å². The fourth-order valence-electron chi connectivity index (χ4n) is 2.99. The van der Waals surface area contributed by atoms with E-state index < -0.39 is 12.0 Å². The molecule has 0 bridgehead atoms. The molecule has 2 rings (SSSR count). The Morgan fingerprint density at radius 2 is 2.04 bits per heavy atom. The number of benzene rings is 1.